The van der Waals surface area contributed by atoms with Crippen molar-refractivity contribution >= 4 is 5.97 Å². The molecule has 1 rings (SSSR count). The van der Waals surface area contributed by atoms with E-state index in [0.717, 1.165) is 13.1 Å². The Morgan fingerprint density at radius 1 is 1.47 bits per heavy atom. The second-order valence-electron chi connectivity index (χ2n) is 4.53. The number of nitrogens with zero attached hydrogens (tertiary/aromatic N) is 2. The zero-order valence-corrected chi connectivity index (χ0v) is 9.68. The Kier molecular flexibility index (Phi) is 4.07. The zero-order chi connectivity index (χ0) is 11.6. The Bertz CT molecular complexity index is 223. The standard InChI is InChI=1S/C10H21N3O2/c1-7-4-13(5-8(2)12(7)3)6-9(11)10(14)15/h7-9H,4-6,11H2,1-3H3,(H,14,15). The molecule has 3 atom stereocenters. The van der Waals surface area contributed by atoms with E-state index in [1.807, 2.05) is 0 Å². The number of hydrogen-bond donors (Lipinski definition) is 2. The summed E-state index contributed by atoms with van der Waals surface area (Å²) in [6.45, 7) is 6.52. The van der Waals surface area contributed by atoms with E-state index in [9.17, 15) is 4.79 Å². The van der Waals surface area contributed by atoms with Gasteiger partial charge in [0.2, 0.25) is 0 Å². The third-order valence-corrected chi connectivity index (χ3v) is 3.21. The maximum atomic E-state index is 10.6. The van der Waals surface area contributed by atoms with E-state index >= 15 is 0 Å². The minimum atomic E-state index is -0.922. The molecule has 1 aliphatic rings. The maximum Gasteiger partial charge on any atom is 0.321 e. The minimum Gasteiger partial charge on any atom is -0.480 e. The molecule has 15 heavy (non-hydrogen) atoms. The molecule has 0 aromatic carbocycles. The monoisotopic (exact) mass is 215 g/mol. The summed E-state index contributed by atoms with van der Waals surface area (Å²) >= 11 is 0. The molecule has 5 nitrogen and oxygen atoms in total. The molecular formula is C10H21N3O2. The highest BCUT2D eigenvalue weighted by atomic mass is 16.4. The summed E-state index contributed by atoms with van der Waals surface area (Å²) in [4.78, 5) is 15.1. The van der Waals surface area contributed by atoms with Crippen LogP contribution in [0.25, 0.3) is 0 Å². The molecular weight excluding hydrogens is 194 g/mol. The van der Waals surface area contributed by atoms with Gasteiger partial charge in [-0.3, -0.25) is 14.6 Å². The Morgan fingerprint density at radius 3 is 2.33 bits per heavy atom. The first-order valence-corrected chi connectivity index (χ1v) is 5.34. The van der Waals surface area contributed by atoms with Gasteiger partial charge in [0.25, 0.3) is 0 Å². The van der Waals surface area contributed by atoms with Crippen molar-refractivity contribution in [1.82, 2.24) is 9.80 Å². The summed E-state index contributed by atoms with van der Waals surface area (Å²) in [5.41, 5.74) is 5.52. The van der Waals surface area contributed by atoms with E-state index in [4.69, 9.17) is 10.8 Å². The molecule has 88 valence electrons. The third kappa shape index (κ3) is 3.15. The molecule has 0 aromatic rings. The van der Waals surface area contributed by atoms with Crippen molar-refractivity contribution in [2.45, 2.75) is 32.0 Å². The van der Waals surface area contributed by atoms with Crippen molar-refractivity contribution in [3.8, 4) is 0 Å². The average molecular weight is 215 g/mol. The van der Waals surface area contributed by atoms with Crippen LogP contribution >= 0.6 is 0 Å². The van der Waals surface area contributed by atoms with Crippen molar-refractivity contribution in [1.29, 1.82) is 0 Å². The fourth-order valence-corrected chi connectivity index (χ4v) is 2.02. The van der Waals surface area contributed by atoms with Crippen LogP contribution in [0, 0.1) is 0 Å². The fraction of sp³-hybridized carbons (Fsp3) is 0.900. The van der Waals surface area contributed by atoms with Crippen LogP contribution in [0.3, 0.4) is 0 Å². The highest BCUT2D eigenvalue weighted by Gasteiger charge is 2.28. The number of likely N-dealkylation sites (N-methyl/N-ethyl adjacent to an activating group) is 1. The summed E-state index contributed by atoms with van der Waals surface area (Å²) in [6, 6.07) is 0.136. The molecule has 0 bridgehead atoms. The lowest BCUT2D eigenvalue weighted by atomic mass is 10.1. The first-order chi connectivity index (χ1) is 6.91. The predicted octanol–water partition coefficient (Wildman–Crippen LogP) is -0.577. The molecule has 0 spiro atoms. The zero-order valence-electron chi connectivity index (χ0n) is 9.68. The van der Waals surface area contributed by atoms with E-state index in [-0.39, 0.29) is 0 Å². The third-order valence-electron chi connectivity index (χ3n) is 3.21. The van der Waals surface area contributed by atoms with Gasteiger partial charge in [0, 0.05) is 31.7 Å². The quantitative estimate of drug-likeness (QED) is 0.659. The Morgan fingerprint density at radius 2 is 1.93 bits per heavy atom. The molecule has 1 aliphatic heterocycles. The first-order valence-electron chi connectivity index (χ1n) is 5.34. The second kappa shape index (κ2) is 4.92. The van der Waals surface area contributed by atoms with Gasteiger partial charge in [-0.25, -0.2) is 0 Å². The normalized spacial score (nSPS) is 31.5. The molecule has 1 saturated heterocycles. The molecule has 0 radical (unpaired) electrons. The van der Waals surface area contributed by atoms with Crippen LogP contribution in [-0.4, -0.2) is 65.7 Å². The Hall–Kier alpha value is -0.650. The molecule has 0 amide bonds. The number of carboxylic acid groups (broad SMARTS) is 1. The van der Waals surface area contributed by atoms with Crippen molar-refractivity contribution < 1.29 is 9.90 Å². The highest BCUT2D eigenvalue weighted by Crippen LogP contribution is 2.13. The van der Waals surface area contributed by atoms with Crippen molar-refractivity contribution in [3.63, 3.8) is 0 Å². The number of hydrogen-bond acceptors (Lipinski definition) is 4. The van der Waals surface area contributed by atoms with Crippen LogP contribution in [0.1, 0.15) is 13.8 Å². The van der Waals surface area contributed by atoms with E-state index < -0.39 is 12.0 Å². The van der Waals surface area contributed by atoms with Crippen molar-refractivity contribution in [3.05, 3.63) is 0 Å². The van der Waals surface area contributed by atoms with Gasteiger partial charge >= 0.3 is 5.97 Å². The number of piperazine rings is 1. The summed E-state index contributed by atoms with van der Waals surface area (Å²) in [6.07, 6.45) is 0. The lowest BCUT2D eigenvalue weighted by molar-refractivity contribution is -0.139. The predicted molar refractivity (Wildman–Crippen MR) is 58.7 cm³/mol. The van der Waals surface area contributed by atoms with Crippen LogP contribution in [-0.2, 0) is 4.79 Å². The fourth-order valence-electron chi connectivity index (χ4n) is 2.02. The summed E-state index contributed by atoms with van der Waals surface area (Å²) < 4.78 is 0. The Labute approximate surface area is 90.8 Å². The van der Waals surface area contributed by atoms with Gasteiger partial charge in [-0.15, -0.1) is 0 Å². The molecule has 1 heterocycles. The number of aliphatic carboxylic acids is 1. The minimum absolute atomic E-state index is 0.442. The lowest BCUT2D eigenvalue weighted by Crippen LogP contribution is -2.57. The van der Waals surface area contributed by atoms with Crippen LogP contribution < -0.4 is 5.73 Å². The van der Waals surface area contributed by atoms with E-state index in [2.05, 4.69) is 30.7 Å². The lowest BCUT2D eigenvalue weighted by Gasteiger charge is -2.42. The van der Waals surface area contributed by atoms with Crippen LogP contribution in [0.2, 0.25) is 0 Å². The SMILES string of the molecule is CC1CN(CC(N)C(=O)O)CC(C)N1C. The molecule has 1 fully saturated rings. The van der Waals surface area contributed by atoms with E-state index in [0.29, 0.717) is 18.6 Å². The smallest absolute Gasteiger partial charge is 0.321 e. The second-order valence-corrected chi connectivity index (χ2v) is 4.53. The topological polar surface area (TPSA) is 69.8 Å². The number of carboxylic acids is 1. The Balaban J connectivity index is 2.48. The summed E-state index contributed by atoms with van der Waals surface area (Å²) in [7, 11) is 2.10. The summed E-state index contributed by atoms with van der Waals surface area (Å²) in [5.74, 6) is -0.922. The first kappa shape index (κ1) is 12.4. The molecule has 3 N–H and O–H groups in total. The van der Waals surface area contributed by atoms with Crippen molar-refractivity contribution in [2.75, 3.05) is 26.7 Å². The number of rotatable bonds is 3. The number of nitrogens with two attached hydrogens (primary N) is 1. The molecule has 5 heteroatoms. The highest BCUT2D eigenvalue weighted by molar-refractivity contribution is 5.73. The largest absolute Gasteiger partial charge is 0.480 e. The van der Waals surface area contributed by atoms with Crippen molar-refractivity contribution in [2.24, 2.45) is 5.73 Å². The van der Waals surface area contributed by atoms with Crippen LogP contribution in [0.4, 0.5) is 0 Å². The van der Waals surface area contributed by atoms with E-state index in [1.165, 1.54) is 0 Å². The molecule has 0 aliphatic carbocycles. The summed E-state index contributed by atoms with van der Waals surface area (Å²) in [5, 5.41) is 8.73. The van der Waals surface area contributed by atoms with Gasteiger partial charge in [0.05, 0.1) is 0 Å². The molecule has 0 aromatic heterocycles. The van der Waals surface area contributed by atoms with Gasteiger partial charge in [0.1, 0.15) is 6.04 Å². The van der Waals surface area contributed by atoms with Crippen LogP contribution in [0.15, 0.2) is 0 Å². The van der Waals surface area contributed by atoms with Gasteiger partial charge in [-0.05, 0) is 20.9 Å². The van der Waals surface area contributed by atoms with Crippen LogP contribution in [0.5, 0.6) is 0 Å². The van der Waals surface area contributed by atoms with Gasteiger partial charge in [-0.2, -0.15) is 0 Å². The van der Waals surface area contributed by atoms with Gasteiger partial charge in [-0.1, -0.05) is 0 Å². The van der Waals surface area contributed by atoms with E-state index in [1.54, 1.807) is 0 Å². The van der Waals surface area contributed by atoms with Gasteiger partial charge < -0.3 is 10.8 Å². The average Bonchev–Trinajstić information content (AvgIpc) is 2.13. The number of carbonyl (C=O) groups is 1. The maximum absolute atomic E-state index is 10.6. The molecule has 3 unspecified atom stereocenters. The van der Waals surface area contributed by atoms with Gasteiger partial charge in [0.15, 0.2) is 0 Å². The molecule has 0 saturated carbocycles.